The first-order valence-electron chi connectivity index (χ1n) is 6.41. The van der Waals surface area contributed by atoms with Gasteiger partial charge in [-0.1, -0.05) is 29.3 Å². The highest BCUT2D eigenvalue weighted by molar-refractivity contribution is 6.35. The van der Waals surface area contributed by atoms with Gasteiger partial charge in [0, 0.05) is 16.1 Å². The summed E-state index contributed by atoms with van der Waals surface area (Å²) in [4.78, 5) is 13.2. The van der Waals surface area contributed by atoms with Crippen LogP contribution in [0.15, 0.2) is 18.2 Å². The summed E-state index contributed by atoms with van der Waals surface area (Å²) in [6.45, 7) is 3.67. The van der Waals surface area contributed by atoms with E-state index < -0.39 is 5.97 Å². The maximum Gasteiger partial charge on any atom is 0.306 e. The Balaban J connectivity index is 2.05. The molecule has 1 heterocycles. The number of rotatable bonds is 3. The van der Waals surface area contributed by atoms with Crippen LogP contribution in [0.4, 0.5) is 0 Å². The molecule has 1 unspecified atom stereocenters. The molecular formula is C14H17Cl2NO2. The highest BCUT2D eigenvalue weighted by Crippen LogP contribution is 2.32. The van der Waals surface area contributed by atoms with E-state index in [9.17, 15) is 4.79 Å². The van der Waals surface area contributed by atoms with Crippen LogP contribution in [0.1, 0.15) is 31.4 Å². The van der Waals surface area contributed by atoms with E-state index in [1.54, 1.807) is 6.07 Å². The number of likely N-dealkylation sites (tertiary alicyclic amines) is 1. The Morgan fingerprint density at radius 1 is 1.37 bits per heavy atom. The number of carbonyl (C=O) groups is 1. The molecule has 104 valence electrons. The molecule has 0 saturated carbocycles. The molecule has 5 heteroatoms. The fourth-order valence-corrected chi connectivity index (χ4v) is 3.14. The minimum absolute atomic E-state index is 0.180. The monoisotopic (exact) mass is 301 g/mol. The van der Waals surface area contributed by atoms with Gasteiger partial charge in [-0.3, -0.25) is 9.69 Å². The number of carboxylic acids is 1. The van der Waals surface area contributed by atoms with Gasteiger partial charge in [0.15, 0.2) is 0 Å². The van der Waals surface area contributed by atoms with E-state index in [0.29, 0.717) is 22.9 Å². The van der Waals surface area contributed by atoms with Gasteiger partial charge >= 0.3 is 5.97 Å². The lowest BCUT2D eigenvalue weighted by atomic mass is 9.95. The molecule has 0 bridgehead atoms. The molecule has 0 amide bonds. The van der Waals surface area contributed by atoms with Crippen molar-refractivity contribution >= 4 is 29.2 Å². The van der Waals surface area contributed by atoms with Gasteiger partial charge in [-0.25, -0.2) is 0 Å². The number of carboxylic acid groups (broad SMARTS) is 1. The maximum atomic E-state index is 10.9. The maximum absolute atomic E-state index is 10.9. The van der Waals surface area contributed by atoms with Crippen LogP contribution in [0.5, 0.6) is 0 Å². The van der Waals surface area contributed by atoms with Crippen LogP contribution >= 0.6 is 23.2 Å². The summed E-state index contributed by atoms with van der Waals surface area (Å²) in [7, 11) is 0. The van der Waals surface area contributed by atoms with E-state index in [1.165, 1.54) is 0 Å². The third-order valence-electron chi connectivity index (χ3n) is 3.84. The molecule has 1 aliphatic heterocycles. The van der Waals surface area contributed by atoms with Crippen molar-refractivity contribution in [3.8, 4) is 0 Å². The lowest BCUT2D eigenvalue weighted by Crippen LogP contribution is -2.37. The first-order chi connectivity index (χ1) is 8.99. The molecule has 1 N–H and O–H groups in total. The van der Waals surface area contributed by atoms with Crippen molar-refractivity contribution in [3.05, 3.63) is 33.8 Å². The second kappa shape index (κ2) is 6.12. The number of halogens is 2. The van der Waals surface area contributed by atoms with Crippen molar-refractivity contribution < 1.29 is 9.90 Å². The van der Waals surface area contributed by atoms with Gasteiger partial charge < -0.3 is 5.11 Å². The third kappa shape index (κ3) is 3.41. The average Bonchev–Trinajstić information content (AvgIpc) is 2.38. The molecule has 1 saturated heterocycles. The van der Waals surface area contributed by atoms with Gasteiger partial charge in [0.05, 0.1) is 5.92 Å². The first kappa shape index (κ1) is 14.6. The normalized spacial score (nSPS) is 19.3. The fourth-order valence-electron chi connectivity index (χ4n) is 2.57. The first-order valence-corrected chi connectivity index (χ1v) is 7.16. The molecule has 1 aromatic carbocycles. The number of aliphatic carboxylic acids is 1. The SMILES string of the molecule is CC(c1ccc(Cl)cc1Cl)N1CCC(C(=O)O)CC1. The smallest absolute Gasteiger partial charge is 0.306 e. The standard InChI is InChI=1S/C14H17Cl2NO2/c1-9(12-3-2-11(15)8-13(12)16)17-6-4-10(5-7-17)14(18)19/h2-3,8-10H,4-7H2,1H3,(H,18,19). The Kier molecular flexibility index (Phi) is 4.71. The zero-order chi connectivity index (χ0) is 14.0. The lowest BCUT2D eigenvalue weighted by molar-refractivity contribution is -0.143. The van der Waals surface area contributed by atoms with Crippen LogP contribution in [0.3, 0.4) is 0 Å². The molecule has 0 aromatic heterocycles. The predicted molar refractivity (Wildman–Crippen MR) is 76.8 cm³/mol. The predicted octanol–water partition coefficient (Wildman–Crippen LogP) is 3.85. The molecule has 1 atom stereocenters. The van der Waals surface area contributed by atoms with Crippen molar-refractivity contribution in [1.82, 2.24) is 4.90 Å². The number of piperidine rings is 1. The highest BCUT2D eigenvalue weighted by Gasteiger charge is 2.27. The van der Waals surface area contributed by atoms with Crippen LogP contribution < -0.4 is 0 Å². The third-order valence-corrected chi connectivity index (χ3v) is 4.40. The van der Waals surface area contributed by atoms with Gasteiger partial charge in [0.1, 0.15) is 0 Å². The molecular weight excluding hydrogens is 285 g/mol. The van der Waals surface area contributed by atoms with Crippen LogP contribution in [-0.4, -0.2) is 29.1 Å². The number of benzene rings is 1. The Labute approximate surface area is 123 Å². The van der Waals surface area contributed by atoms with Crippen LogP contribution in [0.25, 0.3) is 0 Å². The molecule has 0 radical (unpaired) electrons. The van der Waals surface area contributed by atoms with E-state index in [4.69, 9.17) is 28.3 Å². The number of hydrogen-bond donors (Lipinski definition) is 1. The quantitative estimate of drug-likeness (QED) is 0.922. The summed E-state index contributed by atoms with van der Waals surface area (Å²) in [5.74, 6) is -0.888. The summed E-state index contributed by atoms with van der Waals surface area (Å²) >= 11 is 12.1. The second-order valence-electron chi connectivity index (χ2n) is 4.99. The van der Waals surface area contributed by atoms with Crippen molar-refractivity contribution in [2.75, 3.05) is 13.1 Å². The average molecular weight is 302 g/mol. The van der Waals surface area contributed by atoms with E-state index in [-0.39, 0.29) is 12.0 Å². The van der Waals surface area contributed by atoms with E-state index >= 15 is 0 Å². The molecule has 1 aromatic rings. The zero-order valence-electron chi connectivity index (χ0n) is 10.8. The van der Waals surface area contributed by atoms with E-state index in [1.807, 2.05) is 12.1 Å². The lowest BCUT2D eigenvalue weighted by Gasteiger charge is -2.35. The summed E-state index contributed by atoms with van der Waals surface area (Å²) in [6, 6.07) is 5.71. The Hall–Kier alpha value is -0.770. The van der Waals surface area contributed by atoms with Crippen LogP contribution in [0.2, 0.25) is 10.0 Å². The van der Waals surface area contributed by atoms with E-state index in [2.05, 4.69) is 11.8 Å². The molecule has 19 heavy (non-hydrogen) atoms. The topological polar surface area (TPSA) is 40.5 Å². The summed E-state index contributed by atoms with van der Waals surface area (Å²) < 4.78 is 0. The van der Waals surface area contributed by atoms with Gasteiger partial charge in [-0.05, 0) is 50.6 Å². The van der Waals surface area contributed by atoms with Crippen LogP contribution in [0, 0.1) is 5.92 Å². The van der Waals surface area contributed by atoms with Crippen molar-refractivity contribution in [1.29, 1.82) is 0 Å². The fraction of sp³-hybridized carbons (Fsp3) is 0.500. The van der Waals surface area contributed by atoms with Gasteiger partial charge in [-0.2, -0.15) is 0 Å². The second-order valence-corrected chi connectivity index (χ2v) is 5.83. The van der Waals surface area contributed by atoms with Crippen LogP contribution in [-0.2, 0) is 4.79 Å². The largest absolute Gasteiger partial charge is 0.481 e. The van der Waals surface area contributed by atoms with Crippen molar-refractivity contribution in [2.24, 2.45) is 5.92 Å². The molecule has 1 fully saturated rings. The van der Waals surface area contributed by atoms with E-state index in [0.717, 1.165) is 18.7 Å². The van der Waals surface area contributed by atoms with Gasteiger partial charge in [0.2, 0.25) is 0 Å². The van der Waals surface area contributed by atoms with Gasteiger partial charge in [0.25, 0.3) is 0 Å². The summed E-state index contributed by atoms with van der Waals surface area (Å²) in [6.07, 6.45) is 1.40. The molecule has 2 rings (SSSR count). The number of hydrogen-bond acceptors (Lipinski definition) is 2. The number of nitrogens with zero attached hydrogens (tertiary/aromatic N) is 1. The minimum Gasteiger partial charge on any atom is -0.481 e. The molecule has 0 aliphatic carbocycles. The Morgan fingerprint density at radius 2 is 2.00 bits per heavy atom. The Bertz CT molecular complexity index is 471. The van der Waals surface area contributed by atoms with Gasteiger partial charge in [-0.15, -0.1) is 0 Å². The molecule has 1 aliphatic rings. The molecule has 3 nitrogen and oxygen atoms in total. The highest BCUT2D eigenvalue weighted by atomic mass is 35.5. The molecule has 0 spiro atoms. The zero-order valence-corrected chi connectivity index (χ0v) is 12.3. The summed E-state index contributed by atoms with van der Waals surface area (Å²) in [5.41, 5.74) is 1.04. The van der Waals surface area contributed by atoms with Crippen molar-refractivity contribution in [2.45, 2.75) is 25.8 Å². The Morgan fingerprint density at radius 3 is 2.53 bits per heavy atom. The minimum atomic E-state index is -0.683. The van der Waals surface area contributed by atoms with Crippen molar-refractivity contribution in [3.63, 3.8) is 0 Å². The summed E-state index contributed by atoms with van der Waals surface area (Å²) in [5, 5.41) is 10.3.